The molecule has 0 amide bonds. The number of hydrogen-bond acceptors (Lipinski definition) is 5. The summed E-state index contributed by atoms with van der Waals surface area (Å²) in [7, 11) is 1.78. The first-order valence-corrected chi connectivity index (χ1v) is 5.78. The zero-order chi connectivity index (χ0) is 12.4. The van der Waals surface area contributed by atoms with Gasteiger partial charge in [0, 0.05) is 18.8 Å². The molecule has 0 unspecified atom stereocenters. The predicted molar refractivity (Wildman–Crippen MR) is 66.6 cm³/mol. The van der Waals surface area contributed by atoms with Gasteiger partial charge in [0.05, 0.1) is 4.88 Å². The summed E-state index contributed by atoms with van der Waals surface area (Å²) in [5.41, 5.74) is 0.838. The maximum Gasteiger partial charge on any atom is 0.345 e. The van der Waals surface area contributed by atoms with Gasteiger partial charge in [-0.2, -0.15) is 0 Å². The Labute approximate surface area is 102 Å². The van der Waals surface area contributed by atoms with Crippen LogP contribution in [-0.2, 0) is 0 Å². The molecule has 0 saturated carbocycles. The van der Waals surface area contributed by atoms with Crippen molar-refractivity contribution in [3.8, 4) is 10.7 Å². The standard InChI is InChI=1S/C11H11N3O2S/c1-6-5-9(12-2)14-10(13-6)7-3-4-8(17-7)11(15)16/h3-5H,1-2H3,(H,15,16)(H,12,13,14). The normalized spacial score (nSPS) is 10.2. The molecular formula is C11H11N3O2S. The minimum atomic E-state index is -0.928. The zero-order valence-electron chi connectivity index (χ0n) is 9.39. The van der Waals surface area contributed by atoms with Crippen LogP contribution in [0.25, 0.3) is 10.7 Å². The number of carboxylic acids is 1. The van der Waals surface area contributed by atoms with E-state index in [-0.39, 0.29) is 4.88 Å². The number of hydrogen-bond donors (Lipinski definition) is 2. The lowest BCUT2D eigenvalue weighted by Crippen LogP contribution is -1.97. The van der Waals surface area contributed by atoms with Gasteiger partial charge in [-0.3, -0.25) is 0 Å². The van der Waals surface area contributed by atoms with Crippen LogP contribution in [0.15, 0.2) is 18.2 Å². The van der Waals surface area contributed by atoms with E-state index in [0.29, 0.717) is 5.82 Å². The summed E-state index contributed by atoms with van der Waals surface area (Å²) in [4.78, 5) is 20.4. The van der Waals surface area contributed by atoms with Gasteiger partial charge in [0.1, 0.15) is 10.7 Å². The third-order valence-corrected chi connectivity index (χ3v) is 3.22. The summed E-state index contributed by atoms with van der Waals surface area (Å²) in [6.07, 6.45) is 0. The van der Waals surface area contributed by atoms with Gasteiger partial charge in [0.25, 0.3) is 0 Å². The minimum absolute atomic E-state index is 0.288. The molecule has 0 saturated heterocycles. The number of nitrogens with zero attached hydrogens (tertiary/aromatic N) is 2. The average Bonchev–Trinajstić information content (AvgIpc) is 2.77. The summed E-state index contributed by atoms with van der Waals surface area (Å²) >= 11 is 1.17. The summed E-state index contributed by atoms with van der Waals surface area (Å²) in [6, 6.07) is 5.12. The van der Waals surface area contributed by atoms with Crippen molar-refractivity contribution in [2.75, 3.05) is 12.4 Å². The van der Waals surface area contributed by atoms with E-state index in [1.54, 1.807) is 19.2 Å². The van der Waals surface area contributed by atoms with E-state index in [0.717, 1.165) is 16.4 Å². The van der Waals surface area contributed by atoms with Crippen LogP contribution >= 0.6 is 11.3 Å². The Morgan fingerprint density at radius 2 is 2.18 bits per heavy atom. The largest absolute Gasteiger partial charge is 0.477 e. The van der Waals surface area contributed by atoms with Crippen LogP contribution in [0, 0.1) is 6.92 Å². The quantitative estimate of drug-likeness (QED) is 0.872. The van der Waals surface area contributed by atoms with E-state index < -0.39 is 5.97 Å². The van der Waals surface area contributed by atoms with Crippen LogP contribution < -0.4 is 5.32 Å². The van der Waals surface area contributed by atoms with Crippen LogP contribution in [-0.4, -0.2) is 28.1 Å². The first kappa shape index (κ1) is 11.5. The zero-order valence-corrected chi connectivity index (χ0v) is 10.2. The number of thiophene rings is 1. The number of carboxylic acid groups (broad SMARTS) is 1. The molecule has 2 aromatic rings. The van der Waals surface area contributed by atoms with Crippen molar-refractivity contribution < 1.29 is 9.90 Å². The lowest BCUT2D eigenvalue weighted by atomic mass is 10.3. The van der Waals surface area contributed by atoms with Crippen molar-refractivity contribution in [2.24, 2.45) is 0 Å². The molecule has 0 aromatic carbocycles. The van der Waals surface area contributed by atoms with Crippen LogP contribution in [0.2, 0.25) is 0 Å². The fourth-order valence-electron chi connectivity index (χ4n) is 1.38. The molecule has 0 aliphatic rings. The first-order chi connectivity index (χ1) is 8.10. The molecule has 88 valence electrons. The Morgan fingerprint density at radius 3 is 2.76 bits per heavy atom. The summed E-state index contributed by atoms with van der Waals surface area (Å²) in [5.74, 6) is 0.340. The van der Waals surface area contributed by atoms with Crippen LogP contribution in [0.5, 0.6) is 0 Å². The molecule has 0 fully saturated rings. The molecule has 0 bridgehead atoms. The smallest absolute Gasteiger partial charge is 0.345 e. The molecule has 17 heavy (non-hydrogen) atoms. The minimum Gasteiger partial charge on any atom is -0.477 e. The number of carbonyl (C=O) groups is 1. The molecule has 2 rings (SSSR count). The summed E-state index contributed by atoms with van der Waals surface area (Å²) < 4.78 is 0. The van der Waals surface area contributed by atoms with E-state index in [9.17, 15) is 4.79 Å². The van der Waals surface area contributed by atoms with Crippen LogP contribution in [0.3, 0.4) is 0 Å². The molecule has 2 heterocycles. The molecule has 2 N–H and O–H groups in total. The summed E-state index contributed by atoms with van der Waals surface area (Å²) in [5, 5.41) is 11.8. The maximum absolute atomic E-state index is 10.8. The van der Waals surface area contributed by atoms with E-state index in [1.165, 1.54) is 11.3 Å². The van der Waals surface area contributed by atoms with Crippen molar-refractivity contribution in [1.29, 1.82) is 0 Å². The number of aryl methyl sites for hydroxylation is 1. The van der Waals surface area contributed by atoms with Gasteiger partial charge in [0.2, 0.25) is 0 Å². The molecule has 0 spiro atoms. The SMILES string of the molecule is CNc1cc(C)nc(-c2ccc(C(=O)O)s2)n1. The highest BCUT2D eigenvalue weighted by atomic mass is 32.1. The molecule has 0 aliphatic carbocycles. The highest BCUT2D eigenvalue weighted by molar-refractivity contribution is 7.17. The molecule has 2 aromatic heterocycles. The molecule has 0 radical (unpaired) electrons. The third-order valence-electron chi connectivity index (χ3n) is 2.15. The second-order valence-corrected chi connectivity index (χ2v) is 4.52. The monoisotopic (exact) mass is 249 g/mol. The van der Waals surface area contributed by atoms with Crippen molar-refractivity contribution in [3.05, 3.63) is 28.8 Å². The van der Waals surface area contributed by atoms with Gasteiger partial charge in [0.15, 0.2) is 5.82 Å². The Kier molecular flexibility index (Phi) is 3.06. The number of aromatic carboxylic acids is 1. The van der Waals surface area contributed by atoms with Gasteiger partial charge < -0.3 is 10.4 Å². The predicted octanol–water partition coefficient (Wildman–Crippen LogP) is 2.25. The Morgan fingerprint density at radius 1 is 1.41 bits per heavy atom. The van der Waals surface area contributed by atoms with E-state index >= 15 is 0 Å². The molecular weight excluding hydrogens is 238 g/mol. The average molecular weight is 249 g/mol. The Balaban J connectivity index is 2.44. The number of anilines is 1. The first-order valence-electron chi connectivity index (χ1n) is 4.97. The number of rotatable bonds is 3. The molecule has 5 nitrogen and oxygen atoms in total. The van der Waals surface area contributed by atoms with E-state index in [1.807, 2.05) is 13.0 Å². The van der Waals surface area contributed by atoms with Gasteiger partial charge in [-0.05, 0) is 19.1 Å². The fraction of sp³-hybridized carbons (Fsp3) is 0.182. The lowest BCUT2D eigenvalue weighted by Gasteiger charge is -2.03. The van der Waals surface area contributed by atoms with Gasteiger partial charge in [-0.15, -0.1) is 11.3 Å². The Hall–Kier alpha value is -1.95. The van der Waals surface area contributed by atoms with Crippen LogP contribution in [0.4, 0.5) is 5.82 Å². The van der Waals surface area contributed by atoms with Gasteiger partial charge >= 0.3 is 5.97 Å². The molecule has 0 atom stereocenters. The van der Waals surface area contributed by atoms with Crippen molar-refractivity contribution in [2.45, 2.75) is 6.92 Å². The second kappa shape index (κ2) is 4.50. The summed E-state index contributed by atoms with van der Waals surface area (Å²) in [6.45, 7) is 1.87. The van der Waals surface area contributed by atoms with E-state index in [4.69, 9.17) is 5.11 Å². The fourth-order valence-corrected chi connectivity index (χ4v) is 2.16. The second-order valence-electron chi connectivity index (χ2n) is 3.44. The number of nitrogens with one attached hydrogen (secondary N) is 1. The highest BCUT2D eigenvalue weighted by Crippen LogP contribution is 2.26. The molecule has 0 aliphatic heterocycles. The number of aromatic nitrogens is 2. The molecule has 6 heteroatoms. The Bertz CT molecular complexity index is 566. The van der Waals surface area contributed by atoms with Crippen molar-refractivity contribution in [3.63, 3.8) is 0 Å². The topological polar surface area (TPSA) is 75.1 Å². The lowest BCUT2D eigenvalue weighted by molar-refractivity contribution is 0.0702. The van der Waals surface area contributed by atoms with E-state index in [2.05, 4.69) is 15.3 Å². The maximum atomic E-state index is 10.8. The van der Waals surface area contributed by atoms with Gasteiger partial charge in [-0.1, -0.05) is 0 Å². The van der Waals surface area contributed by atoms with Crippen molar-refractivity contribution >= 4 is 23.1 Å². The van der Waals surface area contributed by atoms with Gasteiger partial charge in [-0.25, -0.2) is 14.8 Å². The highest BCUT2D eigenvalue weighted by Gasteiger charge is 2.11. The third kappa shape index (κ3) is 2.42. The van der Waals surface area contributed by atoms with Crippen LogP contribution in [0.1, 0.15) is 15.4 Å². The van der Waals surface area contributed by atoms with Crippen molar-refractivity contribution in [1.82, 2.24) is 9.97 Å².